The summed E-state index contributed by atoms with van der Waals surface area (Å²) in [6.07, 6.45) is 1.28. The Labute approximate surface area is 110 Å². The van der Waals surface area contributed by atoms with Crippen LogP contribution in [-0.2, 0) is 13.0 Å². The zero-order chi connectivity index (χ0) is 13.2. The summed E-state index contributed by atoms with van der Waals surface area (Å²) in [4.78, 5) is 11.6. The van der Waals surface area contributed by atoms with Crippen molar-refractivity contribution in [2.24, 2.45) is 0 Å². The summed E-state index contributed by atoms with van der Waals surface area (Å²) in [5, 5.41) is 0. The van der Waals surface area contributed by atoms with Crippen LogP contribution in [0.1, 0.15) is 27.9 Å². The van der Waals surface area contributed by atoms with E-state index in [1.807, 2.05) is 24.3 Å². The molecular weight excluding hydrogens is 243 g/mol. The Kier molecular flexibility index (Phi) is 3.03. The molecule has 0 amide bonds. The average molecular weight is 256 g/mol. The number of ketones is 1. The van der Waals surface area contributed by atoms with Crippen LogP contribution in [0.15, 0.2) is 42.5 Å². The van der Waals surface area contributed by atoms with Crippen molar-refractivity contribution in [2.45, 2.75) is 19.4 Å². The summed E-state index contributed by atoms with van der Waals surface area (Å²) in [7, 11) is 0. The molecule has 0 unspecified atom stereocenters. The number of hydrogen-bond donors (Lipinski definition) is 0. The topological polar surface area (TPSA) is 26.3 Å². The largest absolute Gasteiger partial charge is 0.489 e. The summed E-state index contributed by atoms with van der Waals surface area (Å²) >= 11 is 0. The zero-order valence-electron chi connectivity index (χ0n) is 10.4. The third-order valence-electron chi connectivity index (χ3n) is 3.32. The number of hydrogen-bond acceptors (Lipinski definition) is 2. The van der Waals surface area contributed by atoms with Crippen molar-refractivity contribution >= 4 is 5.78 Å². The fraction of sp³-hybridized carbons (Fsp3) is 0.188. The third-order valence-corrected chi connectivity index (χ3v) is 3.32. The van der Waals surface area contributed by atoms with E-state index in [0.29, 0.717) is 13.0 Å². The van der Waals surface area contributed by atoms with Crippen LogP contribution < -0.4 is 4.74 Å². The van der Waals surface area contributed by atoms with Crippen molar-refractivity contribution in [3.63, 3.8) is 0 Å². The van der Waals surface area contributed by atoms with E-state index in [0.717, 1.165) is 28.9 Å². The van der Waals surface area contributed by atoms with E-state index in [1.54, 1.807) is 6.07 Å². The number of ether oxygens (including phenoxy) is 1. The highest BCUT2D eigenvalue weighted by molar-refractivity contribution is 6.01. The number of halogens is 1. The minimum Gasteiger partial charge on any atom is -0.489 e. The lowest BCUT2D eigenvalue weighted by Gasteiger charge is -2.10. The molecule has 96 valence electrons. The summed E-state index contributed by atoms with van der Waals surface area (Å²) in [6.45, 7) is 0.308. The van der Waals surface area contributed by atoms with E-state index in [-0.39, 0.29) is 11.6 Å². The molecule has 0 radical (unpaired) electrons. The van der Waals surface area contributed by atoms with Crippen molar-refractivity contribution in [1.29, 1.82) is 0 Å². The minimum atomic E-state index is -0.269. The summed E-state index contributed by atoms with van der Waals surface area (Å²) in [6, 6.07) is 11.8. The summed E-state index contributed by atoms with van der Waals surface area (Å²) in [5.74, 6) is 0.633. The van der Waals surface area contributed by atoms with E-state index >= 15 is 0 Å². The molecule has 0 saturated heterocycles. The third kappa shape index (κ3) is 2.36. The molecule has 3 rings (SSSR count). The second-order valence-corrected chi connectivity index (χ2v) is 4.62. The minimum absolute atomic E-state index is 0.172. The number of rotatable bonds is 3. The van der Waals surface area contributed by atoms with Crippen LogP contribution in [0.25, 0.3) is 0 Å². The lowest BCUT2D eigenvalue weighted by molar-refractivity contribution is 0.0994. The van der Waals surface area contributed by atoms with Crippen molar-refractivity contribution < 1.29 is 13.9 Å². The predicted molar refractivity (Wildman–Crippen MR) is 69.8 cm³/mol. The van der Waals surface area contributed by atoms with Gasteiger partial charge in [0.2, 0.25) is 0 Å². The Hall–Kier alpha value is -2.16. The lowest BCUT2D eigenvalue weighted by atomic mass is 10.1. The van der Waals surface area contributed by atoms with Gasteiger partial charge in [-0.25, -0.2) is 4.39 Å². The molecule has 0 heterocycles. The molecule has 0 aromatic heterocycles. The summed E-state index contributed by atoms with van der Waals surface area (Å²) in [5.41, 5.74) is 2.52. The van der Waals surface area contributed by atoms with E-state index in [2.05, 4.69) is 0 Å². The molecule has 2 nitrogen and oxygen atoms in total. The second kappa shape index (κ2) is 4.84. The first-order valence-corrected chi connectivity index (χ1v) is 6.26. The van der Waals surface area contributed by atoms with E-state index in [4.69, 9.17) is 4.74 Å². The standard InChI is InChI=1S/C16H13FO2/c17-12-4-1-3-11(9-12)10-19-16-6-2-5-13-14(16)7-8-15(13)18/h1-6,9H,7-8,10H2. The monoisotopic (exact) mass is 256 g/mol. The van der Waals surface area contributed by atoms with Gasteiger partial charge in [-0.1, -0.05) is 24.3 Å². The number of fused-ring (bicyclic) bond motifs is 1. The Balaban J connectivity index is 1.80. The Bertz CT molecular complexity index is 634. The molecule has 0 spiro atoms. The van der Waals surface area contributed by atoms with Crippen LogP contribution >= 0.6 is 0 Å². The van der Waals surface area contributed by atoms with Crippen molar-refractivity contribution in [1.82, 2.24) is 0 Å². The molecule has 0 saturated carbocycles. The second-order valence-electron chi connectivity index (χ2n) is 4.62. The van der Waals surface area contributed by atoms with Gasteiger partial charge in [0, 0.05) is 17.5 Å². The highest BCUT2D eigenvalue weighted by Gasteiger charge is 2.22. The average Bonchev–Trinajstić information content (AvgIpc) is 2.79. The molecule has 0 atom stereocenters. The maximum atomic E-state index is 13.1. The molecule has 2 aromatic rings. The van der Waals surface area contributed by atoms with E-state index in [1.165, 1.54) is 12.1 Å². The van der Waals surface area contributed by atoms with Crippen LogP contribution in [0, 0.1) is 5.82 Å². The van der Waals surface area contributed by atoms with E-state index in [9.17, 15) is 9.18 Å². The fourth-order valence-electron chi connectivity index (χ4n) is 2.38. The van der Waals surface area contributed by atoms with Crippen molar-refractivity contribution in [3.8, 4) is 5.75 Å². The van der Waals surface area contributed by atoms with Crippen molar-refractivity contribution in [3.05, 3.63) is 65.0 Å². The molecule has 1 aliphatic rings. The number of Topliss-reactive ketones (excluding diaryl/α,β-unsaturated/α-hetero) is 1. The van der Waals surface area contributed by atoms with E-state index < -0.39 is 0 Å². The van der Waals surface area contributed by atoms with Crippen LogP contribution in [0.4, 0.5) is 4.39 Å². The first-order chi connectivity index (χ1) is 9.24. The van der Waals surface area contributed by atoms with Gasteiger partial charge in [-0.05, 0) is 30.2 Å². The van der Waals surface area contributed by atoms with Gasteiger partial charge in [0.15, 0.2) is 5.78 Å². The number of carbonyl (C=O) groups excluding carboxylic acids is 1. The maximum absolute atomic E-state index is 13.1. The molecule has 1 aliphatic carbocycles. The van der Waals surface area contributed by atoms with Gasteiger partial charge in [-0.2, -0.15) is 0 Å². The maximum Gasteiger partial charge on any atom is 0.163 e. The number of benzene rings is 2. The van der Waals surface area contributed by atoms with Crippen LogP contribution in [0.2, 0.25) is 0 Å². The highest BCUT2D eigenvalue weighted by Crippen LogP contribution is 2.30. The summed E-state index contributed by atoms with van der Waals surface area (Å²) < 4.78 is 18.8. The van der Waals surface area contributed by atoms with Crippen molar-refractivity contribution in [2.75, 3.05) is 0 Å². The van der Waals surface area contributed by atoms with Crippen LogP contribution in [0.5, 0.6) is 5.75 Å². The van der Waals surface area contributed by atoms with Gasteiger partial charge < -0.3 is 4.74 Å². The fourth-order valence-corrected chi connectivity index (χ4v) is 2.38. The highest BCUT2D eigenvalue weighted by atomic mass is 19.1. The molecular formula is C16H13FO2. The lowest BCUT2D eigenvalue weighted by Crippen LogP contribution is -1.99. The molecule has 3 heteroatoms. The molecule has 0 fully saturated rings. The Morgan fingerprint density at radius 1 is 1.11 bits per heavy atom. The van der Waals surface area contributed by atoms with Crippen LogP contribution in [-0.4, -0.2) is 5.78 Å². The predicted octanol–water partition coefficient (Wildman–Crippen LogP) is 3.53. The first kappa shape index (κ1) is 11.9. The Morgan fingerprint density at radius 3 is 2.79 bits per heavy atom. The van der Waals surface area contributed by atoms with Gasteiger partial charge in [-0.3, -0.25) is 4.79 Å². The SMILES string of the molecule is O=C1CCc2c(OCc3cccc(F)c3)cccc21. The molecule has 2 aromatic carbocycles. The molecule has 0 aliphatic heterocycles. The first-order valence-electron chi connectivity index (χ1n) is 6.26. The van der Waals surface area contributed by atoms with Gasteiger partial charge in [0.1, 0.15) is 18.2 Å². The zero-order valence-corrected chi connectivity index (χ0v) is 10.4. The smallest absolute Gasteiger partial charge is 0.163 e. The van der Waals surface area contributed by atoms with Gasteiger partial charge in [0.25, 0.3) is 0 Å². The van der Waals surface area contributed by atoms with Crippen LogP contribution in [0.3, 0.4) is 0 Å². The normalized spacial score (nSPS) is 13.4. The molecule has 19 heavy (non-hydrogen) atoms. The molecule has 0 N–H and O–H groups in total. The van der Waals surface area contributed by atoms with Gasteiger partial charge >= 0.3 is 0 Å². The van der Waals surface area contributed by atoms with Gasteiger partial charge in [-0.15, -0.1) is 0 Å². The Morgan fingerprint density at radius 2 is 1.95 bits per heavy atom. The number of carbonyl (C=O) groups is 1. The molecule has 0 bridgehead atoms. The quantitative estimate of drug-likeness (QED) is 0.839. The van der Waals surface area contributed by atoms with Gasteiger partial charge in [0.05, 0.1) is 0 Å².